The molecule has 4 aromatic rings. The average Bonchev–Trinajstić information content (AvgIpc) is 3.28. The van der Waals surface area contributed by atoms with Crippen LogP contribution in [0.2, 0.25) is 0 Å². The third-order valence-electron chi connectivity index (χ3n) is 4.15. The van der Waals surface area contributed by atoms with Crippen molar-refractivity contribution in [1.29, 1.82) is 0 Å². The van der Waals surface area contributed by atoms with Crippen molar-refractivity contribution in [2.75, 3.05) is 5.32 Å². The number of rotatable bonds is 6. The lowest BCUT2D eigenvalue weighted by molar-refractivity contribution is 0.824. The Balaban J connectivity index is 1.48. The van der Waals surface area contributed by atoms with Gasteiger partial charge in [0, 0.05) is 36.7 Å². The summed E-state index contributed by atoms with van der Waals surface area (Å²) in [5.74, 6) is 0. The number of hydrogen-bond acceptors (Lipinski definition) is 3. The molecular weight excluding hydrogens is 310 g/mol. The van der Waals surface area contributed by atoms with E-state index in [0.717, 1.165) is 35.4 Å². The zero-order valence-electron chi connectivity index (χ0n) is 13.8. The van der Waals surface area contributed by atoms with Crippen LogP contribution in [0.15, 0.2) is 73.8 Å². The molecule has 0 saturated heterocycles. The summed E-state index contributed by atoms with van der Waals surface area (Å²) in [6, 6.07) is 16.6. The summed E-state index contributed by atoms with van der Waals surface area (Å²) in [4.78, 5) is 4.45. The molecule has 2 heterocycles. The number of anilines is 1. The Bertz CT molecular complexity index is 1010. The molecule has 0 unspecified atom stereocenters. The van der Waals surface area contributed by atoms with E-state index in [2.05, 4.69) is 56.9 Å². The Labute approximate surface area is 146 Å². The van der Waals surface area contributed by atoms with Crippen LogP contribution in [-0.4, -0.2) is 19.3 Å². The van der Waals surface area contributed by atoms with Crippen molar-refractivity contribution in [3.63, 3.8) is 0 Å². The molecule has 0 aliphatic carbocycles. The summed E-state index contributed by atoms with van der Waals surface area (Å²) >= 11 is 0. The lowest BCUT2D eigenvalue weighted by Crippen LogP contribution is -2.01. The molecule has 5 nitrogen and oxygen atoms in total. The molecule has 1 N–H and O–H groups in total. The maximum Gasteiger partial charge on any atom is 0.0961 e. The monoisotopic (exact) mass is 329 g/mol. The van der Waals surface area contributed by atoms with Crippen LogP contribution in [0.3, 0.4) is 0 Å². The van der Waals surface area contributed by atoms with Crippen molar-refractivity contribution in [3.8, 4) is 0 Å². The predicted molar refractivity (Wildman–Crippen MR) is 101 cm³/mol. The van der Waals surface area contributed by atoms with Crippen LogP contribution in [0.1, 0.15) is 11.1 Å². The van der Waals surface area contributed by atoms with Crippen molar-refractivity contribution in [1.82, 2.24) is 19.3 Å². The molecule has 124 valence electrons. The minimum Gasteiger partial charge on any atom is -0.381 e. The third kappa shape index (κ3) is 3.30. The third-order valence-corrected chi connectivity index (χ3v) is 4.15. The molecule has 0 saturated carbocycles. The Hall–Kier alpha value is -3.34. The summed E-state index contributed by atoms with van der Waals surface area (Å²) in [5, 5.41) is 7.63. The Morgan fingerprint density at radius 2 is 2.00 bits per heavy atom. The summed E-state index contributed by atoms with van der Waals surface area (Å²) in [5.41, 5.74) is 5.61. The van der Waals surface area contributed by atoms with Crippen molar-refractivity contribution >= 4 is 22.9 Å². The first-order valence-corrected chi connectivity index (χ1v) is 8.20. The highest BCUT2D eigenvalue weighted by Crippen LogP contribution is 2.17. The number of hydrogen-bond donors (Lipinski definition) is 1. The van der Waals surface area contributed by atoms with Crippen LogP contribution in [0.4, 0.5) is 5.69 Å². The number of imidazole rings is 1. The fourth-order valence-corrected chi connectivity index (χ4v) is 2.89. The van der Waals surface area contributed by atoms with Gasteiger partial charge in [-0.3, -0.25) is 0 Å². The van der Waals surface area contributed by atoms with Crippen LogP contribution >= 0.6 is 0 Å². The number of benzene rings is 2. The van der Waals surface area contributed by atoms with Gasteiger partial charge in [0.15, 0.2) is 0 Å². The predicted octanol–water partition coefficient (Wildman–Crippen LogP) is 3.99. The Morgan fingerprint density at radius 1 is 1.08 bits per heavy atom. The van der Waals surface area contributed by atoms with Gasteiger partial charge in [0.05, 0.1) is 23.6 Å². The van der Waals surface area contributed by atoms with Gasteiger partial charge in [-0.1, -0.05) is 30.8 Å². The van der Waals surface area contributed by atoms with Crippen molar-refractivity contribution in [3.05, 3.63) is 85.0 Å². The highest BCUT2D eigenvalue weighted by molar-refractivity contribution is 5.75. The topological polar surface area (TPSA) is 47.7 Å². The van der Waals surface area contributed by atoms with E-state index in [1.54, 1.807) is 10.9 Å². The van der Waals surface area contributed by atoms with Crippen LogP contribution in [0.5, 0.6) is 0 Å². The van der Waals surface area contributed by atoms with E-state index < -0.39 is 0 Å². The lowest BCUT2D eigenvalue weighted by Gasteiger charge is -2.09. The standard InChI is InChI=1S/C20H19N5/c1-2-25-14-17(12-23-25)11-21-18-7-5-6-16(10-18)13-24-15-22-19-8-3-4-9-20(19)24/h2-10,12,14-15,21H,1,11,13H2. The van der Waals surface area contributed by atoms with Crippen LogP contribution in [0.25, 0.3) is 17.2 Å². The molecule has 5 heteroatoms. The highest BCUT2D eigenvalue weighted by Gasteiger charge is 2.03. The Morgan fingerprint density at radius 3 is 2.88 bits per heavy atom. The molecule has 4 rings (SSSR count). The Kier molecular flexibility index (Phi) is 4.04. The molecule has 0 amide bonds. The normalized spacial score (nSPS) is 10.9. The van der Waals surface area contributed by atoms with Gasteiger partial charge in [0.2, 0.25) is 0 Å². The summed E-state index contributed by atoms with van der Waals surface area (Å²) in [7, 11) is 0. The van der Waals surface area contributed by atoms with Crippen LogP contribution in [-0.2, 0) is 13.1 Å². The van der Waals surface area contributed by atoms with Gasteiger partial charge in [0.1, 0.15) is 0 Å². The number of nitrogens with one attached hydrogen (secondary N) is 1. The first kappa shape index (κ1) is 15.2. The average molecular weight is 329 g/mol. The first-order valence-electron chi connectivity index (χ1n) is 8.20. The van der Waals surface area contributed by atoms with Crippen LogP contribution < -0.4 is 5.32 Å². The van der Waals surface area contributed by atoms with E-state index in [1.165, 1.54) is 5.56 Å². The molecule has 0 bridgehead atoms. The lowest BCUT2D eigenvalue weighted by atomic mass is 10.2. The second-order valence-electron chi connectivity index (χ2n) is 5.93. The van der Waals surface area contributed by atoms with Gasteiger partial charge >= 0.3 is 0 Å². The second-order valence-corrected chi connectivity index (χ2v) is 5.93. The van der Waals surface area contributed by atoms with Gasteiger partial charge in [-0.2, -0.15) is 5.10 Å². The van der Waals surface area contributed by atoms with Gasteiger partial charge < -0.3 is 9.88 Å². The van der Waals surface area contributed by atoms with Gasteiger partial charge in [-0.15, -0.1) is 0 Å². The quantitative estimate of drug-likeness (QED) is 0.582. The fourth-order valence-electron chi connectivity index (χ4n) is 2.89. The molecule has 0 fully saturated rings. The van der Waals surface area contributed by atoms with Gasteiger partial charge in [0.25, 0.3) is 0 Å². The molecule has 2 aromatic carbocycles. The largest absolute Gasteiger partial charge is 0.381 e. The molecule has 0 radical (unpaired) electrons. The molecular formula is C20H19N5. The fraction of sp³-hybridized carbons (Fsp3) is 0.100. The van der Waals surface area contributed by atoms with Gasteiger partial charge in [-0.05, 0) is 29.8 Å². The molecule has 25 heavy (non-hydrogen) atoms. The molecule has 0 aliphatic rings. The van der Waals surface area contributed by atoms with Crippen molar-refractivity contribution < 1.29 is 0 Å². The SMILES string of the molecule is C=Cn1cc(CNc2cccc(Cn3cnc4ccccc43)c2)cn1. The minimum atomic E-state index is 0.727. The van der Waals surface area contributed by atoms with E-state index in [1.807, 2.05) is 36.9 Å². The molecule has 0 atom stereocenters. The van der Waals surface area contributed by atoms with Gasteiger partial charge in [-0.25, -0.2) is 9.67 Å². The smallest absolute Gasteiger partial charge is 0.0961 e. The van der Waals surface area contributed by atoms with E-state index in [0.29, 0.717) is 0 Å². The molecule has 0 spiro atoms. The number of aromatic nitrogens is 4. The maximum atomic E-state index is 4.45. The first-order chi connectivity index (χ1) is 12.3. The maximum absolute atomic E-state index is 4.45. The van der Waals surface area contributed by atoms with E-state index in [9.17, 15) is 0 Å². The molecule has 2 aromatic heterocycles. The second kappa shape index (κ2) is 6.65. The summed E-state index contributed by atoms with van der Waals surface area (Å²) in [6.45, 7) is 5.23. The van der Waals surface area contributed by atoms with E-state index in [-0.39, 0.29) is 0 Å². The zero-order chi connectivity index (χ0) is 17.1. The van der Waals surface area contributed by atoms with Crippen LogP contribution in [0, 0.1) is 0 Å². The zero-order valence-corrected chi connectivity index (χ0v) is 13.8. The number of fused-ring (bicyclic) bond motifs is 1. The van der Waals surface area contributed by atoms with Crippen molar-refractivity contribution in [2.24, 2.45) is 0 Å². The summed E-state index contributed by atoms with van der Waals surface area (Å²) < 4.78 is 3.88. The summed E-state index contributed by atoms with van der Waals surface area (Å²) in [6.07, 6.45) is 7.38. The van der Waals surface area contributed by atoms with E-state index >= 15 is 0 Å². The number of para-hydroxylation sites is 2. The van der Waals surface area contributed by atoms with E-state index in [4.69, 9.17) is 0 Å². The number of nitrogens with zero attached hydrogens (tertiary/aromatic N) is 4. The minimum absolute atomic E-state index is 0.727. The van der Waals surface area contributed by atoms with Crippen molar-refractivity contribution in [2.45, 2.75) is 13.1 Å². The highest BCUT2D eigenvalue weighted by atomic mass is 15.2. The molecule has 0 aliphatic heterocycles.